The van der Waals surface area contributed by atoms with E-state index in [2.05, 4.69) is 10.3 Å². The van der Waals surface area contributed by atoms with Crippen LogP contribution in [0.5, 0.6) is 5.75 Å². The number of nitrogens with one attached hydrogen (secondary N) is 1. The summed E-state index contributed by atoms with van der Waals surface area (Å²) in [7, 11) is 0. The van der Waals surface area contributed by atoms with Gasteiger partial charge in [0.2, 0.25) is 0 Å². The number of fused-ring (bicyclic) bond motifs is 1. The van der Waals surface area contributed by atoms with Gasteiger partial charge in [0.15, 0.2) is 6.61 Å². The highest BCUT2D eigenvalue weighted by Gasteiger charge is 2.41. The smallest absolute Gasteiger partial charge is 0.391 e. The first-order chi connectivity index (χ1) is 14.3. The number of piperidine rings is 1. The number of amides is 1. The highest BCUT2D eigenvalue weighted by molar-refractivity contribution is 5.98. The van der Waals surface area contributed by atoms with Gasteiger partial charge in [0.05, 0.1) is 23.5 Å². The first kappa shape index (κ1) is 20.3. The van der Waals surface area contributed by atoms with Crippen LogP contribution in [-0.4, -0.2) is 43.3 Å². The molecule has 1 aromatic heterocycles. The SMILES string of the molecule is CCN1C(=O)COc2cc(Nc3ccc(N4CCC(C(F)(F)F)CC4)nc3)ccc21. The number of rotatable bonds is 4. The molecule has 0 saturated carbocycles. The van der Waals surface area contributed by atoms with Gasteiger partial charge in [-0.3, -0.25) is 4.79 Å². The van der Waals surface area contributed by atoms with Crippen molar-refractivity contribution >= 4 is 28.8 Å². The second-order valence-corrected chi connectivity index (χ2v) is 7.44. The number of likely N-dealkylation sites (N-methyl/N-ethyl adjacent to an activating group) is 1. The minimum Gasteiger partial charge on any atom is -0.481 e. The maximum atomic E-state index is 12.8. The summed E-state index contributed by atoms with van der Waals surface area (Å²) in [5.74, 6) is 0.0234. The van der Waals surface area contributed by atoms with Crippen LogP contribution in [0.15, 0.2) is 36.5 Å². The summed E-state index contributed by atoms with van der Waals surface area (Å²) < 4.78 is 44.0. The summed E-state index contributed by atoms with van der Waals surface area (Å²) in [6.45, 7) is 3.20. The average molecular weight is 420 g/mol. The van der Waals surface area contributed by atoms with Crippen LogP contribution in [0.25, 0.3) is 0 Å². The molecule has 1 aromatic carbocycles. The molecule has 1 fully saturated rings. The number of carbonyl (C=O) groups excluding carboxylic acids is 1. The number of hydrogen-bond donors (Lipinski definition) is 1. The number of nitrogens with zero attached hydrogens (tertiary/aromatic N) is 3. The van der Waals surface area contributed by atoms with Gasteiger partial charge in [-0.1, -0.05) is 0 Å². The Bertz CT molecular complexity index is 909. The van der Waals surface area contributed by atoms with Gasteiger partial charge < -0.3 is 19.9 Å². The number of benzene rings is 1. The van der Waals surface area contributed by atoms with Crippen molar-refractivity contribution in [3.05, 3.63) is 36.5 Å². The first-order valence-electron chi connectivity index (χ1n) is 9.97. The fourth-order valence-corrected chi connectivity index (χ4v) is 3.88. The lowest BCUT2D eigenvalue weighted by Crippen LogP contribution is -2.39. The molecule has 0 unspecified atom stereocenters. The monoisotopic (exact) mass is 420 g/mol. The van der Waals surface area contributed by atoms with E-state index >= 15 is 0 Å². The molecule has 6 nitrogen and oxygen atoms in total. The number of hydrogen-bond acceptors (Lipinski definition) is 5. The van der Waals surface area contributed by atoms with Crippen molar-refractivity contribution in [3.63, 3.8) is 0 Å². The molecule has 1 N–H and O–H groups in total. The Kier molecular flexibility index (Phi) is 5.44. The molecule has 160 valence electrons. The van der Waals surface area contributed by atoms with Gasteiger partial charge in [0.25, 0.3) is 5.91 Å². The van der Waals surface area contributed by atoms with Gasteiger partial charge in [0.1, 0.15) is 11.6 Å². The number of pyridine rings is 1. The third-order valence-corrected chi connectivity index (χ3v) is 5.54. The third-order valence-electron chi connectivity index (χ3n) is 5.54. The standard InChI is InChI=1S/C21H23F3N4O2/c1-2-28-17-5-3-15(11-18(17)30-13-20(28)29)26-16-4-6-19(25-12-16)27-9-7-14(8-10-27)21(22,23)24/h3-6,11-12,14,26H,2,7-10,13H2,1H3. The van der Waals surface area contributed by atoms with Crippen molar-refractivity contribution in [2.75, 3.05) is 41.4 Å². The molecule has 1 saturated heterocycles. The van der Waals surface area contributed by atoms with Crippen molar-refractivity contribution in [2.24, 2.45) is 5.92 Å². The number of anilines is 4. The third kappa shape index (κ3) is 4.15. The quantitative estimate of drug-likeness (QED) is 0.797. The molecular formula is C21H23F3N4O2. The number of carbonyl (C=O) groups is 1. The van der Waals surface area contributed by atoms with E-state index in [1.54, 1.807) is 11.1 Å². The molecule has 2 aliphatic heterocycles. The average Bonchev–Trinajstić information content (AvgIpc) is 2.74. The van der Waals surface area contributed by atoms with Gasteiger partial charge in [0, 0.05) is 31.4 Å². The van der Waals surface area contributed by atoms with Crippen LogP contribution in [-0.2, 0) is 4.79 Å². The Morgan fingerprint density at radius 3 is 2.53 bits per heavy atom. The lowest BCUT2D eigenvalue weighted by atomic mass is 9.96. The van der Waals surface area contributed by atoms with Crippen molar-refractivity contribution < 1.29 is 22.7 Å². The Balaban J connectivity index is 1.40. The van der Waals surface area contributed by atoms with E-state index in [4.69, 9.17) is 4.74 Å². The molecule has 9 heteroatoms. The van der Waals surface area contributed by atoms with Gasteiger partial charge >= 0.3 is 6.18 Å². The second kappa shape index (κ2) is 8.04. The zero-order valence-corrected chi connectivity index (χ0v) is 16.6. The Morgan fingerprint density at radius 2 is 1.90 bits per heavy atom. The van der Waals surface area contributed by atoms with E-state index in [-0.39, 0.29) is 25.4 Å². The summed E-state index contributed by atoms with van der Waals surface area (Å²) in [6.07, 6.45) is -2.27. The molecule has 1 amide bonds. The molecule has 0 radical (unpaired) electrons. The lowest BCUT2D eigenvalue weighted by molar-refractivity contribution is -0.179. The van der Waals surface area contributed by atoms with Crippen molar-refractivity contribution in [2.45, 2.75) is 25.9 Å². The summed E-state index contributed by atoms with van der Waals surface area (Å²) in [4.78, 5) is 19.9. The number of ether oxygens (including phenoxy) is 1. The molecule has 0 atom stereocenters. The Morgan fingerprint density at radius 1 is 1.17 bits per heavy atom. The summed E-state index contributed by atoms with van der Waals surface area (Å²) in [5, 5.41) is 3.24. The molecular weight excluding hydrogens is 397 g/mol. The summed E-state index contributed by atoms with van der Waals surface area (Å²) >= 11 is 0. The zero-order chi connectivity index (χ0) is 21.3. The molecule has 0 spiro atoms. The van der Waals surface area contributed by atoms with Crippen LogP contribution >= 0.6 is 0 Å². The molecule has 0 aliphatic carbocycles. The van der Waals surface area contributed by atoms with E-state index < -0.39 is 12.1 Å². The van der Waals surface area contributed by atoms with Crippen LogP contribution in [0.2, 0.25) is 0 Å². The Hall–Kier alpha value is -2.97. The van der Waals surface area contributed by atoms with E-state index in [9.17, 15) is 18.0 Å². The van der Waals surface area contributed by atoms with Crippen LogP contribution in [0.4, 0.5) is 36.1 Å². The molecule has 3 heterocycles. The van der Waals surface area contributed by atoms with Crippen LogP contribution in [0.1, 0.15) is 19.8 Å². The largest absolute Gasteiger partial charge is 0.481 e. The molecule has 2 aliphatic rings. The van der Waals surface area contributed by atoms with E-state index in [0.29, 0.717) is 31.2 Å². The van der Waals surface area contributed by atoms with Crippen LogP contribution in [0.3, 0.4) is 0 Å². The van der Waals surface area contributed by atoms with E-state index in [1.165, 1.54) is 0 Å². The maximum absolute atomic E-state index is 12.8. The highest BCUT2D eigenvalue weighted by Crippen LogP contribution is 2.36. The summed E-state index contributed by atoms with van der Waals surface area (Å²) in [5.41, 5.74) is 2.29. The molecule has 4 rings (SSSR count). The minimum atomic E-state index is -4.12. The van der Waals surface area contributed by atoms with Crippen molar-refractivity contribution in [1.82, 2.24) is 4.98 Å². The van der Waals surface area contributed by atoms with E-state index in [1.807, 2.05) is 42.2 Å². The first-order valence-corrected chi connectivity index (χ1v) is 9.97. The molecule has 2 aromatic rings. The van der Waals surface area contributed by atoms with Gasteiger partial charge in [-0.25, -0.2) is 4.98 Å². The number of halogens is 3. The van der Waals surface area contributed by atoms with Crippen LogP contribution in [0, 0.1) is 5.92 Å². The Labute approximate surface area is 172 Å². The highest BCUT2D eigenvalue weighted by atomic mass is 19.4. The number of aromatic nitrogens is 1. The predicted octanol–water partition coefficient (Wildman–Crippen LogP) is 4.35. The van der Waals surface area contributed by atoms with Crippen molar-refractivity contribution in [3.8, 4) is 5.75 Å². The van der Waals surface area contributed by atoms with Gasteiger partial charge in [-0.05, 0) is 44.0 Å². The van der Waals surface area contributed by atoms with E-state index in [0.717, 1.165) is 17.1 Å². The predicted molar refractivity (Wildman–Crippen MR) is 108 cm³/mol. The molecule has 30 heavy (non-hydrogen) atoms. The summed E-state index contributed by atoms with van der Waals surface area (Å²) in [6, 6.07) is 9.19. The van der Waals surface area contributed by atoms with Gasteiger partial charge in [-0.2, -0.15) is 13.2 Å². The fraction of sp³-hybridized carbons (Fsp3) is 0.429. The van der Waals surface area contributed by atoms with Crippen LogP contribution < -0.4 is 19.9 Å². The topological polar surface area (TPSA) is 57.7 Å². The minimum absolute atomic E-state index is 0.0194. The molecule has 0 bridgehead atoms. The fourth-order valence-electron chi connectivity index (χ4n) is 3.88. The number of alkyl halides is 3. The normalized spacial score (nSPS) is 17.5. The maximum Gasteiger partial charge on any atom is 0.391 e. The zero-order valence-electron chi connectivity index (χ0n) is 16.6. The van der Waals surface area contributed by atoms with Crippen molar-refractivity contribution in [1.29, 1.82) is 0 Å². The van der Waals surface area contributed by atoms with Gasteiger partial charge in [-0.15, -0.1) is 0 Å². The second-order valence-electron chi connectivity index (χ2n) is 7.44. The lowest BCUT2D eigenvalue weighted by Gasteiger charge is -2.33.